The molecule has 13 nitrogen and oxygen atoms in total. The number of alkyl halides is 3. The molecule has 2 atom stereocenters. The number of rotatable bonds is 13. The van der Waals surface area contributed by atoms with Crippen LogP contribution >= 0.6 is 0 Å². The van der Waals surface area contributed by atoms with E-state index in [9.17, 15) is 36.3 Å². The normalized spacial score (nSPS) is 13.2. The summed E-state index contributed by atoms with van der Waals surface area (Å²) in [6, 6.07) is 22.4. The lowest BCUT2D eigenvalue weighted by atomic mass is 9.82. The summed E-state index contributed by atoms with van der Waals surface area (Å²) in [7, 11) is -4.51. The summed E-state index contributed by atoms with van der Waals surface area (Å²) >= 11 is 0. The molecule has 280 valence electrons. The van der Waals surface area contributed by atoms with Gasteiger partial charge in [0.25, 0.3) is 5.91 Å². The average molecular weight is 755 g/mol. The molecule has 2 heterocycles. The first-order chi connectivity index (χ1) is 24.9. The van der Waals surface area contributed by atoms with Crippen LogP contribution in [0.2, 0.25) is 0 Å². The Labute approximate surface area is 302 Å². The molecule has 0 fully saturated rings. The number of aromatic nitrogens is 3. The van der Waals surface area contributed by atoms with Gasteiger partial charge in [-0.25, -0.2) is 23.0 Å². The van der Waals surface area contributed by atoms with E-state index in [0.29, 0.717) is 46.4 Å². The largest absolute Gasteiger partial charge is 0.490 e. The van der Waals surface area contributed by atoms with E-state index in [1.165, 1.54) is 6.07 Å². The van der Waals surface area contributed by atoms with E-state index in [0.717, 1.165) is 5.56 Å². The number of carboxylic acid groups (broad SMARTS) is 2. The maximum atomic E-state index is 14.3. The number of amides is 1. The molecule has 0 bridgehead atoms. The number of fused-ring (bicyclic) bond motifs is 1. The number of carbonyl (C=O) groups excluding carboxylic acids is 1. The Bertz CT molecular complexity index is 2160. The number of H-pyrrole nitrogens is 1. The molecule has 3 aromatic carbocycles. The molecule has 0 spiro atoms. The average Bonchev–Trinajstić information content (AvgIpc) is 3.56. The first-order valence-electron chi connectivity index (χ1n) is 16.1. The van der Waals surface area contributed by atoms with Gasteiger partial charge >= 0.3 is 18.1 Å². The summed E-state index contributed by atoms with van der Waals surface area (Å²) in [5.41, 5.74) is 0.655. The molecule has 0 aliphatic carbocycles. The minimum absolute atomic E-state index is 0.0404. The van der Waals surface area contributed by atoms with Gasteiger partial charge in [0.2, 0.25) is 15.7 Å². The minimum atomic E-state index is -5.08. The third-order valence-corrected chi connectivity index (χ3v) is 9.90. The van der Waals surface area contributed by atoms with Crippen LogP contribution in [0.3, 0.4) is 0 Å². The van der Waals surface area contributed by atoms with Crippen LogP contribution in [0.5, 0.6) is 0 Å². The minimum Gasteiger partial charge on any atom is -0.478 e. The van der Waals surface area contributed by atoms with Crippen molar-refractivity contribution in [1.82, 2.24) is 25.2 Å². The van der Waals surface area contributed by atoms with Crippen LogP contribution in [0, 0.1) is 20.8 Å². The fourth-order valence-corrected chi connectivity index (χ4v) is 7.70. The Hall–Kier alpha value is -5.81. The molecule has 0 saturated carbocycles. The molecule has 5 rings (SSSR count). The molecule has 2 aromatic heterocycles. The topological polar surface area (TPSA) is 203 Å². The zero-order valence-electron chi connectivity index (χ0n) is 28.7. The maximum absolute atomic E-state index is 14.3. The van der Waals surface area contributed by atoms with Gasteiger partial charge in [0.15, 0.2) is 0 Å². The molecular formula is C36H37F3N6O7S. The summed E-state index contributed by atoms with van der Waals surface area (Å²) < 4.78 is 62.7. The number of aryl methyl sites for hydroxylation is 3. The van der Waals surface area contributed by atoms with Gasteiger partial charge < -0.3 is 20.8 Å². The summed E-state index contributed by atoms with van der Waals surface area (Å²) in [6.07, 6.45) is -1.27. The van der Waals surface area contributed by atoms with Gasteiger partial charge in [0, 0.05) is 29.6 Å². The molecule has 53 heavy (non-hydrogen) atoms. The van der Waals surface area contributed by atoms with Gasteiger partial charge in [0.1, 0.15) is 5.82 Å². The lowest BCUT2D eigenvalue weighted by Crippen LogP contribution is -2.68. The molecule has 6 N–H and O–H groups in total. The summed E-state index contributed by atoms with van der Waals surface area (Å²) in [5, 5.41) is 31.5. The van der Waals surface area contributed by atoms with Crippen molar-refractivity contribution in [2.45, 2.75) is 56.3 Å². The zero-order valence-corrected chi connectivity index (χ0v) is 29.5. The number of anilines is 1. The van der Waals surface area contributed by atoms with Gasteiger partial charge in [-0.15, -0.1) is 0 Å². The van der Waals surface area contributed by atoms with Crippen LogP contribution < -0.4 is 15.4 Å². The molecule has 0 saturated heterocycles. The van der Waals surface area contributed by atoms with Crippen molar-refractivity contribution < 1.29 is 46.2 Å². The van der Waals surface area contributed by atoms with Gasteiger partial charge in [-0.05, 0) is 80.6 Å². The first kappa shape index (κ1) is 40.0. The predicted octanol–water partition coefficient (Wildman–Crippen LogP) is 5.68. The lowest BCUT2D eigenvalue weighted by molar-refractivity contribution is -0.192. The van der Waals surface area contributed by atoms with Crippen molar-refractivity contribution in [3.63, 3.8) is 0 Å². The Morgan fingerprint density at radius 2 is 1.53 bits per heavy atom. The van der Waals surface area contributed by atoms with Crippen LogP contribution in [-0.2, 0) is 19.6 Å². The van der Waals surface area contributed by atoms with E-state index >= 15 is 0 Å². The number of carboxylic acids is 2. The summed E-state index contributed by atoms with van der Waals surface area (Å²) in [6.45, 7) is 5.60. The fraction of sp³-hybridized carbons (Fsp3) is 0.250. The van der Waals surface area contributed by atoms with Crippen molar-refractivity contribution in [2.75, 3.05) is 11.9 Å². The zero-order chi connectivity index (χ0) is 39.0. The second-order valence-corrected chi connectivity index (χ2v) is 13.7. The number of benzene rings is 3. The molecule has 17 heteroatoms. The SMILES string of the molecule is Cc1cc(C)c(S(=O)(=O)N[C@](NC(=O)c2ccc3[nH]ncc3c2)(C(=O)O)C(CCCNc2ccccn2)c2ccccc2)c(C)c1.O=C(O)C(F)(F)F. The third-order valence-electron chi connectivity index (χ3n) is 8.13. The number of carbonyl (C=O) groups is 3. The number of nitrogens with one attached hydrogen (secondary N) is 4. The Morgan fingerprint density at radius 1 is 0.887 bits per heavy atom. The molecule has 5 aromatic rings. The monoisotopic (exact) mass is 754 g/mol. The number of aliphatic carboxylic acids is 2. The van der Waals surface area contributed by atoms with E-state index in [1.807, 2.05) is 19.1 Å². The number of sulfonamides is 1. The van der Waals surface area contributed by atoms with Crippen LogP contribution in [0.25, 0.3) is 10.9 Å². The van der Waals surface area contributed by atoms with Crippen LogP contribution in [0.1, 0.15) is 51.4 Å². The predicted molar refractivity (Wildman–Crippen MR) is 190 cm³/mol. The highest BCUT2D eigenvalue weighted by atomic mass is 32.2. The van der Waals surface area contributed by atoms with Crippen molar-refractivity contribution in [1.29, 1.82) is 0 Å². The lowest BCUT2D eigenvalue weighted by Gasteiger charge is -2.39. The molecule has 1 unspecified atom stereocenters. The number of halogens is 3. The highest BCUT2D eigenvalue weighted by Crippen LogP contribution is 2.35. The van der Waals surface area contributed by atoms with Crippen molar-refractivity contribution in [2.24, 2.45) is 0 Å². The molecule has 0 radical (unpaired) electrons. The van der Waals surface area contributed by atoms with Crippen molar-refractivity contribution >= 4 is 44.6 Å². The van der Waals surface area contributed by atoms with E-state index < -0.39 is 45.6 Å². The number of pyridine rings is 1. The van der Waals surface area contributed by atoms with Gasteiger partial charge in [-0.2, -0.15) is 23.0 Å². The Kier molecular flexibility index (Phi) is 12.6. The van der Waals surface area contributed by atoms with E-state index in [1.54, 1.807) is 86.9 Å². The maximum Gasteiger partial charge on any atom is 0.490 e. The summed E-state index contributed by atoms with van der Waals surface area (Å²) in [5.74, 6) is -5.45. The molecule has 0 aliphatic rings. The van der Waals surface area contributed by atoms with E-state index in [-0.39, 0.29) is 16.9 Å². The fourth-order valence-electron chi connectivity index (χ4n) is 5.93. The molecule has 1 amide bonds. The Morgan fingerprint density at radius 3 is 2.11 bits per heavy atom. The smallest absolute Gasteiger partial charge is 0.478 e. The van der Waals surface area contributed by atoms with Gasteiger partial charge in [0.05, 0.1) is 16.6 Å². The first-order valence-corrected chi connectivity index (χ1v) is 17.5. The number of nitrogens with zero attached hydrogens (tertiary/aromatic N) is 2. The molecule has 0 aliphatic heterocycles. The van der Waals surface area contributed by atoms with Gasteiger partial charge in [-0.3, -0.25) is 9.89 Å². The van der Waals surface area contributed by atoms with Crippen LogP contribution in [0.4, 0.5) is 19.0 Å². The number of hydrogen-bond acceptors (Lipinski definition) is 8. The van der Waals surface area contributed by atoms with E-state index in [2.05, 4.69) is 30.5 Å². The molecular weight excluding hydrogens is 717 g/mol. The Balaban J connectivity index is 0.000000815. The second kappa shape index (κ2) is 16.7. The standard InChI is InChI=1S/C34H36N6O5S.C2HF3O2/c1-22-18-23(2)31(24(3)19-22)46(44,45)40-34(33(42)43,38-32(41)26-14-15-29-27(20-26)21-37-39-29)28(25-10-5-4-6-11-25)12-9-17-36-30-13-7-8-16-35-30;3-2(4,5)1(6)7/h4-8,10-11,13-16,18-21,28,40H,9,12,17H2,1-3H3,(H,35,36)(H,37,39)(H,38,41)(H,42,43);(H,6,7)/t28?,34-;/m0./s1. The number of hydrogen-bond donors (Lipinski definition) is 6. The van der Waals surface area contributed by atoms with Crippen LogP contribution in [-0.4, -0.2) is 70.0 Å². The van der Waals surface area contributed by atoms with Gasteiger partial charge in [-0.1, -0.05) is 54.1 Å². The van der Waals surface area contributed by atoms with Crippen molar-refractivity contribution in [3.8, 4) is 0 Å². The highest BCUT2D eigenvalue weighted by Gasteiger charge is 2.51. The summed E-state index contributed by atoms with van der Waals surface area (Å²) in [4.78, 5) is 40.6. The highest BCUT2D eigenvalue weighted by molar-refractivity contribution is 7.89. The van der Waals surface area contributed by atoms with Crippen LogP contribution in [0.15, 0.2) is 96.2 Å². The number of aromatic amines is 1. The van der Waals surface area contributed by atoms with Crippen molar-refractivity contribution in [3.05, 3.63) is 119 Å². The third kappa shape index (κ3) is 9.95. The second-order valence-electron chi connectivity index (χ2n) is 12.1. The quantitative estimate of drug-likeness (QED) is 0.0641. The van der Waals surface area contributed by atoms with E-state index in [4.69, 9.17) is 9.90 Å².